The molecule has 0 aliphatic carbocycles. The van der Waals surface area contributed by atoms with Crippen molar-refractivity contribution in [3.8, 4) is 11.5 Å². The first-order valence-electron chi connectivity index (χ1n) is 7.58. The number of anilines is 1. The topological polar surface area (TPSA) is 47.6 Å². The van der Waals surface area contributed by atoms with E-state index in [-0.39, 0.29) is 5.78 Å². The molecule has 0 amide bonds. The molecule has 1 N–H and O–H groups in total. The Morgan fingerprint density at radius 3 is 2.48 bits per heavy atom. The molecule has 3 rings (SSSR count). The third kappa shape index (κ3) is 3.72. The monoisotopic (exact) mass is 309 g/mol. The van der Waals surface area contributed by atoms with E-state index in [1.165, 1.54) is 5.56 Å². The smallest absolute Gasteiger partial charge is 0.187 e. The van der Waals surface area contributed by atoms with Crippen LogP contribution in [0.2, 0.25) is 0 Å². The third-order valence-electron chi connectivity index (χ3n) is 3.57. The molecule has 0 radical (unpaired) electrons. The summed E-state index contributed by atoms with van der Waals surface area (Å²) in [6.07, 6.45) is 1.59. The normalized spacial score (nSPS) is 13.6. The molecule has 1 aliphatic rings. The van der Waals surface area contributed by atoms with Crippen LogP contribution in [0, 0.1) is 6.92 Å². The Kier molecular flexibility index (Phi) is 4.33. The molecule has 0 spiro atoms. The Bertz CT molecular complexity index is 748. The number of nitrogens with one attached hydrogen (secondary N) is 1. The van der Waals surface area contributed by atoms with Crippen molar-refractivity contribution in [1.29, 1.82) is 0 Å². The largest absolute Gasteiger partial charge is 0.486 e. The number of rotatable bonds is 4. The molecule has 0 bridgehead atoms. The van der Waals surface area contributed by atoms with E-state index in [2.05, 4.69) is 5.32 Å². The molecule has 0 unspecified atom stereocenters. The first-order valence-corrected chi connectivity index (χ1v) is 7.58. The van der Waals surface area contributed by atoms with Crippen molar-refractivity contribution in [3.63, 3.8) is 0 Å². The van der Waals surface area contributed by atoms with Crippen LogP contribution >= 0.6 is 0 Å². The number of ether oxygens (including phenoxy) is 2. The number of ketones is 1. The zero-order valence-corrected chi connectivity index (χ0v) is 13.3. The van der Waals surface area contributed by atoms with E-state index in [1.54, 1.807) is 24.3 Å². The minimum Gasteiger partial charge on any atom is -0.486 e. The molecule has 1 aliphatic heterocycles. The highest BCUT2D eigenvalue weighted by molar-refractivity contribution is 6.05. The maximum absolute atomic E-state index is 12.4. The summed E-state index contributed by atoms with van der Waals surface area (Å²) >= 11 is 0. The van der Waals surface area contributed by atoms with Crippen molar-refractivity contribution in [2.75, 3.05) is 18.5 Å². The Labute approximate surface area is 135 Å². The summed E-state index contributed by atoms with van der Waals surface area (Å²) in [7, 11) is 0. The highest BCUT2D eigenvalue weighted by Gasteiger charge is 2.14. The minimum atomic E-state index is -0.0703. The van der Waals surface area contributed by atoms with Gasteiger partial charge in [-0.25, -0.2) is 0 Å². The van der Waals surface area contributed by atoms with E-state index < -0.39 is 0 Å². The highest BCUT2D eigenvalue weighted by Crippen LogP contribution is 2.31. The van der Waals surface area contributed by atoms with E-state index in [0.717, 1.165) is 11.4 Å². The zero-order chi connectivity index (χ0) is 16.2. The summed E-state index contributed by atoms with van der Waals surface area (Å²) in [6.45, 7) is 4.96. The lowest BCUT2D eigenvalue weighted by Gasteiger charge is -2.18. The molecule has 4 nitrogen and oxygen atoms in total. The lowest BCUT2D eigenvalue weighted by atomic mass is 10.1. The molecule has 2 aromatic carbocycles. The van der Waals surface area contributed by atoms with Gasteiger partial charge in [-0.1, -0.05) is 17.7 Å². The van der Waals surface area contributed by atoms with Gasteiger partial charge in [0.05, 0.1) is 0 Å². The van der Waals surface area contributed by atoms with E-state index in [1.807, 2.05) is 38.1 Å². The molecular formula is C19H19NO3. The Hall–Kier alpha value is -2.75. The fraction of sp³-hybridized carbons (Fsp3) is 0.211. The van der Waals surface area contributed by atoms with Gasteiger partial charge in [0, 0.05) is 23.0 Å². The number of hydrogen-bond acceptors (Lipinski definition) is 4. The van der Waals surface area contributed by atoms with Crippen LogP contribution in [-0.4, -0.2) is 19.0 Å². The van der Waals surface area contributed by atoms with Gasteiger partial charge in [0.25, 0.3) is 0 Å². The van der Waals surface area contributed by atoms with Gasteiger partial charge in [-0.05, 0) is 44.2 Å². The number of fused-ring (bicyclic) bond motifs is 1. The number of hydrogen-bond donors (Lipinski definition) is 1. The van der Waals surface area contributed by atoms with Crippen molar-refractivity contribution in [1.82, 2.24) is 0 Å². The van der Waals surface area contributed by atoms with Gasteiger partial charge in [-0.2, -0.15) is 0 Å². The van der Waals surface area contributed by atoms with E-state index in [9.17, 15) is 4.79 Å². The van der Waals surface area contributed by atoms with Gasteiger partial charge >= 0.3 is 0 Å². The standard InChI is InChI=1S/C19H19NO3/c1-13-3-6-16(7-4-13)20-14(2)11-17(21)15-5-8-18-19(12-15)23-10-9-22-18/h3-8,11-12,20H,9-10H2,1-2H3/b14-11+. The maximum Gasteiger partial charge on any atom is 0.187 e. The molecule has 0 atom stereocenters. The van der Waals surface area contributed by atoms with Crippen LogP contribution in [0.4, 0.5) is 5.69 Å². The van der Waals surface area contributed by atoms with Gasteiger partial charge in [-0.3, -0.25) is 4.79 Å². The first-order chi connectivity index (χ1) is 11.1. The zero-order valence-electron chi connectivity index (χ0n) is 13.3. The van der Waals surface area contributed by atoms with Gasteiger partial charge in [-0.15, -0.1) is 0 Å². The van der Waals surface area contributed by atoms with E-state index in [4.69, 9.17) is 9.47 Å². The van der Waals surface area contributed by atoms with Crippen LogP contribution in [0.15, 0.2) is 54.2 Å². The fourth-order valence-electron chi connectivity index (χ4n) is 2.38. The number of benzene rings is 2. The molecule has 0 saturated heterocycles. The van der Waals surface area contributed by atoms with Gasteiger partial charge < -0.3 is 14.8 Å². The predicted molar refractivity (Wildman–Crippen MR) is 90.3 cm³/mol. The summed E-state index contributed by atoms with van der Waals surface area (Å²) in [6, 6.07) is 13.3. The number of allylic oxidation sites excluding steroid dienone is 2. The Balaban J connectivity index is 1.73. The quantitative estimate of drug-likeness (QED) is 0.686. The van der Waals surface area contributed by atoms with Gasteiger partial charge in [0.1, 0.15) is 13.2 Å². The second kappa shape index (κ2) is 6.57. The molecule has 23 heavy (non-hydrogen) atoms. The Morgan fingerprint density at radius 1 is 1.04 bits per heavy atom. The van der Waals surface area contributed by atoms with Crippen molar-refractivity contribution < 1.29 is 14.3 Å². The molecule has 0 fully saturated rings. The van der Waals surface area contributed by atoms with Crippen LogP contribution in [0.25, 0.3) is 0 Å². The average Bonchev–Trinajstić information content (AvgIpc) is 2.56. The number of aryl methyl sites for hydroxylation is 1. The van der Waals surface area contributed by atoms with Crippen LogP contribution in [-0.2, 0) is 0 Å². The van der Waals surface area contributed by atoms with E-state index >= 15 is 0 Å². The minimum absolute atomic E-state index is 0.0703. The third-order valence-corrected chi connectivity index (χ3v) is 3.57. The Morgan fingerprint density at radius 2 is 1.74 bits per heavy atom. The SMILES string of the molecule is C/C(=C\C(=O)c1ccc2c(c1)OCCO2)Nc1ccc(C)cc1. The molecule has 0 saturated carbocycles. The predicted octanol–water partition coefficient (Wildman–Crippen LogP) is 3.96. The molecule has 1 heterocycles. The van der Waals surface area contributed by atoms with Crippen LogP contribution < -0.4 is 14.8 Å². The van der Waals surface area contributed by atoms with Gasteiger partial charge in [0.2, 0.25) is 0 Å². The summed E-state index contributed by atoms with van der Waals surface area (Å²) in [5, 5.41) is 3.22. The van der Waals surface area contributed by atoms with Crippen LogP contribution in [0.3, 0.4) is 0 Å². The summed E-state index contributed by atoms with van der Waals surface area (Å²) < 4.78 is 11.0. The van der Waals surface area contributed by atoms with E-state index in [0.29, 0.717) is 30.3 Å². The summed E-state index contributed by atoms with van der Waals surface area (Å²) in [4.78, 5) is 12.4. The van der Waals surface area contributed by atoms with Crippen molar-refractivity contribution in [2.45, 2.75) is 13.8 Å². The maximum atomic E-state index is 12.4. The van der Waals surface area contributed by atoms with Crippen LogP contribution in [0.5, 0.6) is 11.5 Å². The summed E-state index contributed by atoms with van der Waals surface area (Å²) in [5.41, 5.74) is 3.52. The molecule has 0 aromatic heterocycles. The van der Waals surface area contributed by atoms with Gasteiger partial charge in [0.15, 0.2) is 17.3 Å². The summed E-state index contributed by atoms with van der Waals surface area (Å²) in [5.74, 6) is 1.24. The second-order valence-corrected chi connectivity index (χ2v) is 5.54. The van der Waals surface area contributed by atoms with Crippen molar-refractivity contribution in [3.05, 3.63) is 65.4 Å². The first kappa shape index (κ1) is 15.2. The average molecular weight is 309 g/mol. The second-order valence-electron chi connectivity index (χ2n) is 5.54. The lowest BCUT2D eigenvalue weighted by molar-refractivity contribution is 0.104. The molecule has 2 aromatic rings. The number of carbonyl (C=O) groups excluding carboxylic acids is 1. The van der Waals surface area contributed by atoms with Crippen molar-refractivity contribution >= 4 is 11.5 Å². The molecule has 4 heteroatoms. The van der Waals surface area contributed by atoms with Crippen LogP contribution in [0.1, 0.15) is 22.8 Å². The number of carbonyl (C=O) groups is 1. The highest BCUT2D eigenvalue weighted by atomic mass is 16.6. The lowest BCUT2D eigenvalue weighted by Crippen LogP contribution is -2.15. The fourth-order valence-corrected chi connectivity index (χ4v) is 2.38. The van der Waals surface area contributed by atoms with Crippen molar-refractivity contribution in [2.24, 2.45) is 0 Å². The molecule has 118 valence electrons. The molecular weight excluding hydrogens is 290 g/mol.